The molecular weight excluding hydrogens is 334 g/mol. The van der Waals surface area contributed by atoms with Gasteiger partial charge in [0.25, 0.3) is 0 Å². The Kier molecular flexibility index (Phi) is 4.92. The molecule has 2 aliphatic heterocycles. The van der Waals surface area contributed by atoms with Crippen molar-refractivity contribution in [1.29, 1.82) is 0 Å². The molecule has 2 atom stereocenters. The van der Waals surface area contributed by atoms with Gasteiger partial charge in [0.15, 0.2) is 0 Å². The van der Waals surface area contributed by atoms with E-state index >= 15 is 0 Å². The minimum Gasteiger partial charge on any atom is -0.396 e. The van der Waals surface area contributed by atoms with Crippen LogP contribution >= 0.6 is 0 Å². The Bertz CT molecular complexity index is 765. The van der Waals surface area contributed by atoms with Crippen LogP contribution in [0, 0.1) is 11.6 Å². The van der Waals surface area contributed by atoms with Crippen molar-refractivity contribution >= 4 is 11.4 Å². The third-order valence-corrected chi connectivity index (χ3v) is 5.63. The summed E-state index contributed by atoms with van der Waals surface area (Å²) < 4.78 is 27.3. The molecule has 0 bridgehead atoms. The summed E-state index contributed by atoms with van der Waals surface area (Å²) in [6.07, 6.45) is 2.78. The van der Waals surface area contributed by atoms with Gasteiger partial charge in [-0.3, -0.25) is 0 Å². The number of halogens is 2. The van der Waals surface area contributed by atoms with E-state index in [0.717, 1.165) is 55.8 Å². The van der Waals surface area contributed by atoms with E-state index in [2.05, 4.69) is 9.80 Å². The molecule has 0 aliphatic carbocycles. The van der Waals surface area contributed by atoms with E-state index in [0.29, 0.717) is 0 Å². The highest BCUT2D eigenvalue weighted by Gasteiger charge is 2.42. The van der Waals surface area contributed by atoms with Gasteiger partial charge in [-0.2, -0.15) is 0 Å². The van der Waals surface area contributed by atoms with E-state index in [4.69, 9.17) is 5.11 Å². The predicted molar refractivity (Wildman–Crippen MR) is 98.8 cm³/mol. The number of hydrogen-bond acceptors (Lipinski definition) is 3. The number of aliphatic hydroxyl groups excluding tert-OH is 1. The Labute approximate surface area is 152 Å². The summed E-state index contributed by atoms with van der Waals surface area (Å²) in [5.41, 5.74) is 3.04. The van der Waals surface area contributed by atoms with Gasteiger partial charge in [-0.05, 0) is 73.8 Å². The largest absolute Gasteiger partial charge is 0.396 e. The summed E-state index contributed by atoms with van der Waals surface area (Å²) in [5, 5.41) is 8.99. The van der Waals surface area contributed by atoms with Crippen molar-refractivity contribution in [3.05, 3.63) is 59.7 Å². The van der Waals surface area contributed by atoms with Crippen molar-refractivity contribution in [2.24, 2.45) is 0 Å². The zero-order valence-corrected chi connectivity index (χ0v) is 14.7. The minimum atomic E-state index is -0.248. The van der Waals surface area contributed by atoms with Gasteiger partial charge in [-0.25, -0.2) is 8.78 Å². The molecular formula is C21H24F2N2O. The number of fused-ring (bicyclic) bond motifs is 3. The zero-order chi connectivity index (χ0) is 18.1. The van der Waals surface area contributed by atoms with E-state index in [1.165, 1.54) is 18.2 Å². The number of nitrogens with zero attached hydrogens (tertiary/aromatic N) is 2. The minimum absolute atomic E-state index is 0.208. The molecule has 2 aliphatic rings. The van der Waals surface area contributed by atoms with Crippen LogP contribution < -0.4 is 4.90 Å². The summed E-state index contributed by atoms with van der Waals surface area (Å²) in [4.78, 5) is 4.67. The van der Waals surface area contributed by atoms with E-state index in [9.17, 15) is 8.78 Å². The fraction of sp³-hybridized carbons (Fsp3) is 0.429. The Morgan fingerprint density at radius 3 is 2.54 bits per heavy atom. The summed E-state index contributed by atoms with van der Waals surface area (Å²) in [6.45, 7) is 3.07. The third-order valence-electron chi connectivity index (χ3n) is 5.63. The van der Waals surface area contributed by atoms with Crippen LogP contribution in [-0.4, -0.2) is 42.3 Å². The molecule has 1 N–H and O–H groups in total. The van der Waals surface area contributed by atoms with E-state index in [1.807, 2.05) is 6.07 Å². The number of rotatable bonds is 5. The molecule has 1 fully saturated rings. The molecule has 0 aromatic heterocycles. The monoisotopic (exact) mass is 358 g/mol. The van der Waals surface area contributed by atoms with Crippen LogP contribution in [0.5, 0.6) is 0 Å². The number of likely N-dealkylation sites (tertiary alicyclic amines) is 1. The quantitative estimate of drug-likeness (QED) is 0.817. The lowest BCUT2D eigenvalue weighted by Gasteiger charge is -2.39. The van der Waals surface area contributed by atoms with E-state index in [-0.39, 0.29) is 30.2 Å². The fourth-order valence-corrected chi connectivity index (χ4v) is 4.42. The molecule has 2 aromatic rings. The van der Waals surface area contributed by atoms with Crippen LogP contribution in [0.2, 0.25) is 0 Å². The van der Waals surface area contributed by atoms with Crippen molar-refractivity contribution in [1.82, 2.24) is 4.90 Å². The summed E-state index contributed by atoms with van der Waals surface area (Å²) in [7, 11) is 0. The maximum atomic E-state index is 13.9. The maximum absolute atomic E-state index is 13.9. The molecule has 26 heavy (non-hydrogen) atoms. The highest BCUT2D eigenvalue weighted by molar-refractivity contribution is 5.73. The van der Waals surface area contributed by atoms with Crippen LogP contribution in [0.1, 0.15) is 30.7 Å². The lowest BCUT2D eigenvalue weighted by Crippen LogP contribution is -2.45. The average Bonchev–Trinajstić information content (AvgIpc) is 2.96. The Morgan fingerprint density at radius 2 is 1.77 bits per heavy atom. The van der Waals surface area contributed by atoms with Crippen LogP contribution in [0.4, 0.5) is 20.2 Å². The molecule has 0 radical (unpaired) electrons. The van der Waals surface area contributed by atoms with Gasteiger partial charge in [0.1, 0.15) is 11.6 Å². The van der Waals surface area contributed by atoms with Gasteiger partial charge >= 0.3 is 0 Å². The van der Waals surface area contributed by atoms with Gasteiger partial charge < -0.3 is 14.9 Å². The Balaban J connectivity index is 1.64. The molecule has 0 saturated carbocycles. The van der Waals surface area contributed by atoms with Gasteiger partial charge in [0.2, 0.25) is 0 Å². The molecule has 3 nitrogen and oxygen atoms in total. The first-order valence-corrected chi connectivity index (χ1v) is 9.35. The van der Waals surface area contributed by atoms with Crippen LogP contribution in [0.3, 0.4) is 0 Å². The highest BCUT2D eigenvalue weighted by Crippen LogP contribution is 2.48. The smallest absolute Gasteiger partial charge is 0.123 e. The van der Waals surface area contributed by atoms with Crippen molar-refractivity contribution in [2.75, 3.05) is 31.1 Å². The zero-order valence-electron chi connectivity index (χ0n) is 14.7. The molecule has 4 rings (SSSR count). The number of piperidine rings is 1. The second-order valence-electron chi connectivity index (χ2n) is 7.24. The lowest BCUT2D eigenvalue weighted by molar-refractivity contribution is 0.186. The molecule has 0 amide bonds. The molecule has 0 spiro atoms. The number of aliphatic hydroxyl groups is 1. The summed E-state index contributed by atoms with van der Waals surface area (Å²) >= 11 is 0. The number of hydrogen-bond donors (Lipinski definition) is 1. The SMILES string of the molecule is OCCCCN1CC[C@@H]2[C@@H](C1)c1cc(F)ccc1N2c1ccc(F)cc1. The van der Waals surface area contributed by atoms with Gasteiger partial charge in [0, 0.05) is 43.0 Å². The third kappa shape index (κ3) is 3.21. The first-order valence-electron chi connectivity index (χ1n) is 9.35. The average molecular weight is 358 g/mol. The molecule has 138 valence electrons. The van der Waals surface area contributed by atoms with Crippen LogP contribution in [0.15, 0.2) is 42.5 Å². The van der Waals surface area contributed by atoms with E-state index in [1.54, 1.807) is 18.2 Å². The molecule has 2 heterocycles. The van der Waals surface area contributed by atoms with Crippen molar-refractivity contribution in [3.63, 3.8) is 0 Å². The van der Waals surface area contributed by atoms with Crippen LogP contribution in [-0.2, 0) is 0 Å². The summed E-state index contributed by atoms with van der Waals surface area (Å²) in [6, 6.07) is 11.9. The van der Waals surface area contributed by atoms with Crippen molar-refractivity contribution < 1.29 is 13.9 Å². The first kappa shape index (κ1) is 17.4. The topological polar surface area (TPSA) is 26.7 Å². The predicted octanol–water partition coefficient (Wildman–Crippen LogP) is 4.05. The van der Waals surface area contributed by atoms with Crippen molar-refractivity contribution in [3.8, 4) is 0 Å². The first-order chi connectivity index (χ1) is 12.7. The normalized spacial score (nSPS) is 22.3. The maximum Gasteiger partial charge on any atom is 0.123 e. The number of anilines is 2. The Morgan fingerprint density at radius 1 is 1.00 bits per heavy atom. The second-order valence-corrected chi connectivity index (χ2v) is 7.24. The standard InChI is InChI=1S/C21H24F2N2O/c22-15-3-6-17(7-4-15)25-20-8-5-16(23)13-18(20)19-14-24(10-1-2-12-26)11-9-21(19)25/h3-8,13,19,21,26H,1-2,9-12,14H2/t19-,21+/m0/s1. The molecule has 1 saturated heterocycles. The fourth-order valence-electron chi connectivity index (χ4n) is 4.42. The lowest BCUT2D eigenvalue weighted by atomic mass is 9.89. The Hall–Kier alpha value is -1.98. The van der Waals surface area contributed by atoms with Crippen LogP contribution in [0.25, 0.3) is 0 Å². The van der Waals surface area contributed by atoms with E-state index < -0.39 is 0 Å². The highest BCUT2D eigenvalue weighted by atomic mass is 19.1. The van der Waals surface area contributed by atoms with Gasteiger partial charge in [-0.15, -0.1) is 0 Å². The van der Waals surface area contributed by atoms with Gasteiger partial charge in [0.05, 0.1) is 0 Å². The molecule has 2 aromatic carbocycles. The second kappa shape index (κ2) is 7.33. The molecule has 0 unspecified atom stereocenters. The molecule has 5 heteroatoms. The van der Waals surface area contributed by atoms with Gasteiger partial charge in [-0.1, -0.05) is 0 Å². The number of unbranched alkanes of at least 4 members (excludes halogenated alkanes) is 1. The summed E-state index contributed by atoms with van der Waals surface area (Å²) in [5.74, 6) is -0.211. The number of benzene rings is 2. The van der Waals surface area contributed by atoms with Crippen molar-refractivity contribution in [2.45, 2.75) is 31.2 Å².